The van der Waals surface area contributed by atoms with E-state index in [4.69, 9.17) is 15.4 Å². The molecule has 0 amide bonds. The van der Waals surface area contributed by atoms with E-state index < -0.39 is 14.2 Å². The number of aromatic nitrogens is 4. The SMILES string of the molecule is CCOc1ccn2nc(S(=O)(=O)Cl)nc2n1. The highest BCUT2D eigenvalue weighted by Gasteiger charge is 2.17. The van der Waals surface area contributed by atoms with Gasteiger partial charge in [-0.25, -0.2) is 12.9 Å². The van der Waals surface area contributed by atoms with Crippen LogP contribution in [-0.2, 0) is 9.05 Å². The Hall–Kier alpha value is -1.41. The molecule has 2 heterocycles. The van der Waals surface area contributed by atoms with Gasteiger partial charge in [0.15, 0.2) is 0 Å². The maximum atomic E-state index is 11.0. The van der Waals surface area contributed by atoms with Crippen LogP contribution in [0, 0.1) is 0 Å². The Morgan fingerprint density at radius 1 is 1.50 bits per heavy atom. The summed E-state index contributed by atoms with van der Waals surface area (Å²) < 4.78 is 28.3. The summed E-state index contributed by atoms with van der Waals surface area (Å²) in [6.07, 6.45) is 1.49. The number of ether oxygens (including phenoxy) is 1. The Bertz CT molecular complexity index is 624. The van der Waals surface area contributed by atoms with Crippen molar-refractivity contribution in [2.24, 2.45) is 0 Å². The zero-order valence-electron chi connectivity index (χ0n) is 8.16. The van der Waals surface area contributed by atoms with Crippen molar-refractivity contribution >= 4 is 25.5 Å². The highest BCUT2D eigenvalue weighted by atomic mass is 35.7. The molecule has 0 fully saturated rings. The number of rotatable bonds is 3. The van der Waals surface area contributed by atoms with Gasteiger partial charge in [-0.15, -0.1) is 5.10 Å². The van der Waals surface area contributed by atoms with Crippen LogP contribution in [-0.4, -0.2) is 34.6 Å². The fourth-order valence-corrected chi connectivity index (χ4v) is 1.65. The van der Waals surface area contributed by atoms with E-state index in [-0.39, 0.29) is 5.78 Å². The molecule has 16 heavy (non-hydrogen) atoms. The number of hydrogen-bond acceptors (Lipinski definition) is 6. The highest BCUT2D eigenvalue weighted by molar-refractivity contribution is 8.13. The van der Waals surface area contributed by atoms with Crippen LogP contribution in [0.5, 0.6) is 5.88 Å². The van der Waals surface area contributed by atoms with E-state index in [1.54, 1.807) is 6.07 Å². The third kappa shape index (κ3) is 2.07. The highest BCUT2D eigenvalue weighted by Crippen LogP contribution is 2.12. The fraction of sp³-hybridized carbons (Fsp3) is 0.286. The second-order valence-corrected chi connectivity index (χ2v) is 5.24. The molecule has 0 aliphatic carbocycles. The molecule has 0 aliphatic heterocycles. The minimum absolute atomic E-state index is 0.116. The summed E-state index contributed by atoms with van der Waals surface area (Å²) in [5.41, 5.74) is 0. The summed E-state index contributed by atoms with van der Waals surface area (Å²) in [6, 6.07) is 1.55. The lowest BCUT2D eigenvalue weighted by Crippen LogP contribution is -1.97. The monoisotopic (exact) mass is 262 g/mol. The van der Waals surface area contributed by atoms with Crippen molar-refractivity contribution in [1.82, 2.24) is 19.6 Å². The lowest BCUT2D eigenvalue weighted by atomic mass is 10.6. The first-order valence-corrected chi connectivity index (χ1v) is 6.62. The molecule has 0 saturated heterocycles. The summed E-state index contributed by atoms with van der Waals surface area (Å²) in [5.74, 6) is 0.464. The van der Waals surface area contributed by atoms with Crippen molar-refractivity contribution in [3.05, 3.63) is 12.3 Å². The molecule has 0 bridgehead atoms. The second kappa shape index (κ2) is 3.87. The van der Waals surface area contributed by atoms with E-state index >= 15 is 0 Å². The van der Waals surface area contributed by atoms with Crippen LogP contribution in [0.25, 0.3) is 5.78 Å². The van der Waals surface area contributed by atoms with Crippen LogP contribution in [0.4, 0.5) is 0 Å². The topological polar surface area (TPSA) is 86.5 Å². The summed E-state index contributed by atoms with van der Waals surface area (Å²) in [7, 11) is 1.16. The van der Waals surface area contributed by atoms with Crippen LogP contribution < -0.4 is 4.74 Å². The largest absolute Gasteiger partial charge is 0.478 e. The fourth-order valence-electron chi connectivity index (χ4n) is 1.07. The number of fused-ring (bicyclic) bond motifs is 1. The number of halogens is 1. The van der Waals surface area contributed by atoms with Gasteiger partial charge in [0.1, 0.15) is 0 Å². The molecule has 0 aliphatic rings. The van der Waals surface area contributed by atoms with Gasteiger partial charge in [0.25, 0.3) is 20.0 Å². The van der Waals surface area contributed by atoms with Crippen molar-refractivity contribution in [2.45, 2.75) is 12.1 Å². The zero-order chi connectivity index (χ0) is 11.8. The Kier molecular flexibility index (Phi) is 2.68. The van der Waals surface area contributed by atoms with E-state index in [2.05, 4.69) is 15.1 Å². The van der Waals surface area contributed by atoms with Gasteiger partial charge in [-0.3, -0.25) is 0 Å². The molecule has 0 unspecified atom stereocenters. The minimum Gasteiger partial charge on any atom is -0.478 e. The Morgan fingerprint density at radius 3 is 2.88 bits per heavy atom. The Morgan fingerprint density at radius 2 is 2.25 bits per heavy atom. The van der Waals surface area contributed by atoms with Gasteiger partial charge in [0.2, 0.25) is 5.88 Å². The van der Waals surface area contributed by atoms with Crippen molar-refractivity contribution in [1.29, 1.82) is 0 Å². The summed E-state index contributed by atoms with van der Waals surface area (Å²) in [5, 5.41) is 3.18. The van der Waals surface area contributed by atoms with Crippen LogP contribution in [0.1, 0.15) is 6.92 Å². The second-order valence-electron chi connectivity index (χ2n) is 2.78. The number of nitrogens with zero attached hydrogens (tertiary/aromatic N) is 4. The molecule has 0 saturated carbocycles. The third-order valence-electron chi connectivity index (χ3n) is 1.67. The maximum Gasteiger partial charge on any atom is 0.298 e. The van der Waals surface area contributed by atoms with Crippen molar-refractivity contribution in [2.75, 3.05) is 6.61 Å². The molecular formula is C7H7ClN4O3S. The van der Waals surface area contributed by atoms with Gasteiger partial charge in [0.05, 0.1) is 6.61 Å². The number of hydrogen-bond donors (Lipinski definition) is 0. The van der Waals surface area contributed by atoms with E-state index in [1.165, 1.54) is 10.7 Å². The molecule has 7 nitrogen and oxygen atoms in total. The van der Waals surface area contributed by atoms with Crippen LogP contribution >= 0.6 is 10.7 Å². The van der Waals surface area contributed by atoms with Gasteiger partial charge >= 0.3 is 0 Å². The zero-order valence-corrected chi connectivity index (χ0v) is 9.73. The van der Waals surface area contributed by atoms with Gasteiger partial charge in [-0.05, 0) is 6.92 Å². The third-order valence-corrected chi connectivity index (χ3v) is 2.70. The Labute approximate surface area is 95.5 Å². The van der Waals surface area contributed by atoms with Gasteiger partial charge in [0, 0.05) is 22.9 Å². The standard InChI is InChI=1S/C7H7ClN4O3S/c1-2-15-5-3-4-12-6(9-5)10-7(11-12)16(8,13)14/h3-4H,2H2,1H3. The molecule has 0 N–H and O–H groups in total. The molecule has 2 aromatic heterocycles. The molecule has 0 radical (unpaired) electrons. The molecule has 0 spiro atoms. The normalized spacial score (nSPS) is 11.9. The lowest BCUT2D eigenvalue weighted by Gasteiger charge is -1.99. The smallest absolute Gasteiger partial charge is 0.298 e. The van der Waals surface area contributed by atoms with Crippen molar-refractivity contribution < 1.29 is 13.2 Å². The lowest BCUT2D eigenvalue weighted by molar-refractivity contribution is 0.327. The van der Waals surface area contributed by atoms with E-state index in [0.717, 1.165) is 0 Å². The van der Waals surface area contributed by atoms with Crippen LogP contribution in [0.3, 0.4) is 0 Å². The minimum atomic E-state index is -3.94. The summed E-state index contributed by atoms with van der Waals surface area (Å²) in [6.45, 7) is 2.27. The summed E-state index contributed by atoms with van der Waals surface area (Å²) >= 11 is 0. The predicted molar refractivity (Wildman–Crippen MR) is 55.0 cm³/mol. The van der Waals surface area contributed by atoms with E-state index in [0.29, 0.717) is 12.5 Å². The van der Waals surface area contributed by atoms with Gasteiger partial charge < -0.3 is 4.74 Å². The predicted octanol–water partition coefficient (Wildman–Crippen LogP) is 0.450. The van der Waals surface area contributed by atoms with Crippen LogP contribution in [0.15, 0.2) is 17.4 Å². The average Bonchev–Trinajstić information content (AvgIpc) is 2.60. The first kappa shape index (κ1) is 11.1. The molecule has 86 valence electrons. The molecule has 2 rings (SSSR count). The molecule has 0 atom stereocenters. The molecule has 9 heteroatoms. The first-order valence-electron chi connectivity index (χ1n) is 4.31. The van der Waals surface area contributed by atoms with E-state index in [9.17, 15) is 8.42 Å². The average molecular weight is 263 g/mol. The van der Waals surface area contributed by atoms with Crippen molar-refractivity contribution in [3.8, 4) is 5.88 Å². The first-order chi connectivity index (χ1) is 7.50. The molecular weight excluding hydrogens is 256 g/mol. The Balaban J connectivity index is 2.54. The van der Waals surface area contributed by atoms with Crippen molar-refractivity contribution in [3.63, 3.8) is 0 Å². The maximum absolute atomic E-state index is 11.0. The molecule has 0 aromatic carbocycles. The summed E-state index contributed by atoms with van der Waals surface area (Å²) in [4.78, 5) is 7.61. The van der Waals surface area contributed by atoms with Gasteiger partial charge in [-0.2, -0.15) is 9.97 Å². The quantitative estimate of drug-likeness (QED) is 0.747. The van der Waals surface area contributed by atoms with E-state index in [1.807, 2.05) is 6.92 Å². The van der Waals surface area contributed by atoms with Crippen LogP contribution in [0.2, 0.25) is 0 Å². The molecule has 2 aromatic rings. The van der Waals surface area contributed by atoms with Gasteiger partial charge in [-0.1, -0.05) is 0 Å².